The molecule has 0 aliphatic carbocycles. The van der Waals surface area contributed by atoms with E-state index in [4.69, 9.17) is 14.2 Å². The Labute approximate surface area is 216 Å². The average molecular weight is 520 g/mol. The van der Waals surface area contributed by atoms with Gasteiger partial charge in [0.05, 0.1) is 19.2 Å². The third-order valence-electron chi connectivity index (χ3n) is 6.24. The molecule has 3 aromatic carbocycles. The van der Waals surface area contributed by atoms with E-state index < -0.39 is 23.2 Å². The van der Waals surface area contributed by atoms with Crippen LogP contribution in [0.2, 0.25) is 0 Å². The third kappa shape index (κ3) is 5.12. The number of cyclic esters (lactones) is 1. The minimum absolute atomic E-state index is 0.144. The Morgan fingerprint density at radius 3 is 2.39 bits per heavy atom. The highest BCUT2D eigenvalue weighted by Crippen LogP contribution is 2.34. The number of carbonyl (C=O) groups is 1. The first-order valence-electron chi connectivity index (χ1n) is 11.6. The van der Waals surface area contributed by atoms with Crippen molar-refractivity contribution in [2.75, 3.05) is 20.3 Å². The zero-order chi connectivity index (χ0) is 26.7. The molecule has 0 spiro atoms. The molecule has 0 amide bonds. The predicted molar refractivity (Wildman–Crippen MR) is 133 cm³/mol. The van der Waals surface area contributed by atoms with Crippen LogP contribution >= 0.6 is 0 Å². The molecule has 0 fully saturated rings. The Hall–Kier alpha value is -4.57. The molecule has 0 saturated heterocycles. The van der Waals surface area contributed by atoms with Crippen molar-refractivity contribution in [3.8, 4) is 11.5 Å². The number of hydrogen-bond donors (Lipinski definition) is 1. The smallest absolute Gasteiger partial charge is 0.339 e. The van der Waals surface area contributed by atoms with Crippen LogP contribution in [0.25, 0.3) is 11.1 Å². The number of ether oxygens (including phenoxy) is 3. The fourth-order valence-electron chi connectivity index (χ4n) is 4.30. The van der Waals surface area contributed by atoms with Gasteiger partial charge in [0.2, 0.25) is 0 Å². The van der Waals surface area contributed by atoms with Gasteiger partial charge in [-0.25, -0.2) is 23.2 Å². The second-order valence-electron chi connectivity index (χ2n) is 8.72. The van der Waals surface area contributed by atoms with Crippen LogP contribution in [0.4, 0.5) is 8.78 Å². The summed E-state index contributed by atoms with van der Waals surface area (Å²) in [5.41, 5.74) is 0.635. The van der Waals surface area contributed by atoms with Crippen LogP contribution in [0.5, 0.6) is 11.5 Å². The molecule has 0 radical (unpaired) electrons. The topological polar surface area (TPSA) is 95.7 Å². The highest BCUT2D eigenvalue weighted by Gasteiger charge is 2.35. The molecule has 0 saturated carbocycles. The Bertz CT molecular complexity index is 1470. The van der Waals surface area contributed by atoms with E-state index in [2.05, 4.69) is 10.1 Å². The monoisotopic (exact) mass is 519 g/mol. The molecular weight excluding hydrogens is 496 g/mol. The van der Waals surface area contributed by atoms with Crippen molar-refractivity contribution in [1.29, 1.82) is 0 Å². The van der Waals surface area contributed by atoms with Crippen molar-refractivity contribution >= 4 is 17.1 Å². The van der Waals surface area contributed by atoms with Gasteiger partial charge in [-0.3, -0.25) is 0 Å². The molecule has 1 aliphatic heterocycles. The number of rotatable bonds is 9. The molecule has 38 heavy (non-hydrogen) atoms. The van der Waals surface area contributed by atoms with Gasteiger partial charge >= 0.3 is 5.97 Å². The van der Waals surface area contributed by atoms with Crippen LogP contribution in [-0.4, -0.2) is 46.2 Å². The Morgan fingerprint density at radius 2 is 1.74 bits per heavy atom. The van der Waals surface area contributed by atoms with E-state index in [1.165, 1.54) is 23.4 Å². The van der Waals surface area contributed by atoms with Crippen LogP contribution in [-0.2, 0) is 21.7 Å². The summed E-state index contributed by atoms with van der Waals surface area (Å²) in [7, 11) is 1.58. The number of aromatic nitrogens is 3. The van der Waals surface area contributed by atoms with Gasteiger partial charge in [-0.1, -0.05) is 30.3 Å². The van der Waals surface area contributed by atoms with E-state index >= 15 is 0 Å². The summed E-state index contributed by atoms with van der Waals surface area (Å²) in [6, 6.07) is 17.0. The van der Waals surface area contributed by atoms with E-state index in [-0.39, 0.29) is 25.3 Å². The van der Waals surface area contributed by atoms with Crippen molar-refractivity contribution in [3.63, 3.8) is 0 Å². The van der Waals surface area contributed by atoms with Gasteiger partial charge in [0.25, 0.3) is 0 Å². The second kappa shape index (κ2) is 10.4. The van der Waals surface area contributed by atoms with Gasteiger partial charge in [-0.05, 0) is 41.5 Å². The molecule has 0 bridgehead atoms. The summed E-state index contributed by atoms with van der Waals surface area (Å²) < 4.78 is 45.8. The third-order valence-corrected chi connectivity index (χ3v) is 6.24. The first-order valence-corrected chi connectivity index (χ1v) is 11.6. The molecular formula is C28H23F2N3O5. The maximum absolute atomic E-state index is 14.6. The molecule has 5 rings (SSSR count). The van der Waals surface area contributed by atoms with Crippen molar-refractivity contribution in [2.45, 2.75) is 12.1 Å². The molecule has 194 valence electrons. The lowest BCUT2D eigenvalue weighted by atomic mass is 9.93. The molecule has 1 atom stereocenters. The normalized spacial score (nSPS) is 14.8. The molecule has 2 heterocycles. The average Bonchev–Trinajstić information content (AvgIpc) is 3.57. The number of benzene rings is 3. The molecule has 1 aliphatic rings. The SMILES string of the molecule is COc1ccc(C2=C(c3ccc(OCC(O)(Cn4cncn4)c4ccc(F)cc4F)cc3)C(=O)OC2)cc1. The minimum Gasteiger partial charge on any atom is -0.497 e. The van der Waals surface area contributed by atoms with Gasteiger partial charge in [0.15, 0.2) is 0 Å². The van der Waals surface area contributed by atoms with Gasteiger partial charge < -0.3 is 19.3 Å². The Kier molecular flexibility index (Phi) is 6.89. The van der Waals surface area contributed by atoms with Crippen molar-refractivity contribution in [1.82, 2.24) is 14.8 Å². The number of esters is 1. The number of carbonyl (C=O) groups excluding carboxylic acids is 1. The minimum atomic E-state index is -1.89. The number of methoxy groups -OCH3 is 1. The van der Waals surface area contributed by atoms with E-state index in [1.807, 2.05) is 24.3 Å². The van der Waals surface area contributed by atoms with Crippen molar-refractivity contribution < 1.29 is 32.9 Å². The van der Waals surface area contributed by atoms with Gasteiger partial charge in [0, 0.05) is 17.2 Å². The lowest BCUT2D eigenvalue weighted by molar-refractivity contribution is -0.133. The number of halogens is 2. The summed E-state index contributed by atoms with van der Waals surface area (Å²) >= 11 is 0. The van der Waals surface area contributed by atoms with E-state index in [0.29, 0.717) is 28.7 Å². The second-order valence-corrected chi connectivity index (χ2v) is 8.72. The van der Waals surface area contributed by atoms with Crippen LogP contribution in [0.15, 0.2) is 79.4 Å². The van der Waals surface area contributed by atoms with E-state index in [0.717, 1.165) is 17.2 Å². The van der Waals surface area contributed by atoms with Crippen molar-refractivity contribution in [2.24, 2.45) is 0 Å². The molecule has 1 N–H and O–H groups in total. The van der Waals surface area contributed by atoms with Crippen LogP contribution in [0, 0.1) is 11.6 Å². The zero-order valence-corrected chi connectivity index (χ0v) is 20.3. The Balaban J connectivity index is 1.38. The van der Waals surface area contributed by atoms with Crippen LogP contribution < -0.4 is 9.47 Å². The van der Waals surface area contributed by atoms with Crippen LogP contribution in [0.3, 0.4) is 0 Å². The summed E-state index contributed by atoms with van der Waals surface area (Å²) in [6.07, 6.45) is 2.65. The molecule has 4 aromatic rings. The van der Waals surface area contributed by atoms with Gasteiger partial charge in [0.1, 0.15) is 54.6 Å². The lowest BCUT2D eigenvalue weighted by Gasteiger charge is -2.29. The highest BCUT2D eigenvalue weighted by molar-refractivity contribution is 6.27. The molecule has 8 nitrogen and oxygen atoms in total. The van der Waals surface area contributed by atoms with E-state index in [1.54, 1.807) is 31.4 Å². The van der Waals surface area contributed by atoms with Gasteiger partial charge in [-0.2, -0.15) is 5.10 Å². The summed E-state index contributed by atoms with van der Waals surface area (Å²) in [5, 5.41) is 15.4. The first-order chi connectivity index (χ1) is 18.4. The zero-order valence-electron chi connectivity index (χ0n) is 20.3. The Morgan fingerprint density at radius 1 is 1.03 bits per heavy atom. The van der Waals surface area contributed by atoms with Crippen molar-refractivity contribution in [3.05, 3.63) is 108 Å². The fourth-order valence-corrected chi connectivity index (χ4v) is 4.30. The first kappa shape index (κ1) is 25.1. The molecule has 10 heteroatoms. The van der Waals surface area contributed by atoms with Gasteiger partial charge in [-0.15, -0.1) is 0 Å². The predicted octanol–water partition coefficient (Wildman–Crippen LogP) is 4.00. The summed E-state index contributed by atoms with van der Waals surface area (Å²) in [4.78, 5) is 16.4. The molecule has 1 aromatic heterocycles. The standard InChI is InChI=1S/C28H23F2N3O5/c1-36-21-7-2-18(3-8-21)23-13-37-27(34)26(23)19-4-9-22(10-5-19)38-15-28(35,14-33-17-31-16-32-33)24-11-6-20(29)12-25(24)30/h2-12,16-17,35H,13-15H2,1H3. The van der Waals surface area contributed by atoms with Crippen LogP contribution in [0.1, 0.15) is 16.7 Å². The summed E-state index contributed by atoms with van der Waals surface area (Å²) in [5.74, 6) is -1.04. The maximum Gasteiger partial charge on any atom is 0.339 e. The number of nitrogens with zero attached hydrogens (tertiary/aromatic N) is 3. The number of aliphatic hydroxyl groups is 1. The largest absolute Gasteiger partial charge is 0.497 e. The maximum atomic E-state index is 14.6. The fraction of sp³-hybridized carbons (Fsp3) is 0.179. The quantitative estimate of drug-likeness (QED) is 0.334. The summed E-state index contributed by atoms with van der Waals surface area (Å²) in [6.45, 7) is -0.397. The molecule has 1 unspecified atom stereocenters. The van der Waals surface area contributed by atoms with E-state index in [9.17, 15) is 18.7 Å². The number of hydrogen-bond acceptors (Lipinski definition) is 7. The lowest BCUT2D eigenvalue weighted by Crippen LogP contribution is -2.39. The highest BCUT2D eigenvalue weighted by atomic mass is 19.1.